The molecule has 1 aliphatic rings. The molecule has 0 fully saturated rings. The van der Waals surface area contributed by atoms with Gasteiger partial charge in [0.25, 0.3) is 17.7 Å². The largest absolute Gasteiger partial charge is 0.484 e. The van der Waals surface area contributed by atoms with Gasteiger partial charge in [-0.25, -0.2) is 0 Å². The van der Waals surface area contributed by atoms with E-state index in [1.165, 1.54) is 18.2 Å². The molecule has 0 bridgehead atoms. The number of carbonyl (C=O) groups excluding carboxylic acids is 5. The highest BCUT2D eigenvalue weighted by Gasteiger charge is 2.38. The molecule has 1 aliphatic heterocycles. The van der Waals surface area contributed by atoms with E-state index in [0.29, 0.717) is 46.2 Å². The van der Waals surface area contributed by atoms with Crippen molar-refractivity contribution in [3.05, 3.63) is 29.3 Å². The van der Waals surface area contributed by atoms with E-state index < -0.39 is 23.8 Å². The molecule has 0 aromatic heterocycles. The molecule has 0 saturated carbocycles. The Labute approximate surface area is 232 Å². The van der Waals surface area contributed by atoms with Crippen molar-refractivity contribution in [1.29, 1.82) is 0 Å². The second-order valence-corrected chi connectivity index (χ2v) is 8.57. The summed E-state index contributed by atoms with van der Waals surface area (Å²) in [7, 11) is 0. The van der Waals surface area contributed by atoms with Gasteiger partial charge in [0, 0.05) is 19.0 Å². The quantitative estimate of drug-likeness (QED) is 0.0914. The Morgan fingerprint density at radius 1 is 0.900 bits per heavy atom. The van der Waals surface area contributed by atoms with Crippen molar-refractivity contribution in [2.45, 2.75) is 25.8 Å². The van der Waals surface area contributed by atoms with E-state index in [4.69, 9.17) is 28.8 Å². The van der Waals surface area contributed by atoms with Crippen LogP contribution in [0, 0.1) is 0 Å². The highest BCUT2D eigenvalue weighted by atomic mass is 16.6. The Kier molecular flexibility index (Phi) is 15.4. The molecule has 2 rings (SSSR count). The van der Waals surface area contributed by atoms with Crippen molar-refractivity contribution in [3.63, 3.8) is 0 Å². The normalized spacial score (nSPS) is 13.2. The highest BCUT2D eigenvalue weighted by Crippen LogP contribution is 2.29. The van der Waals surface area contributed by atoms with Gasteiger partial charge in [0.1, 0.15) is 5.75 Å². The van der Waals surface area contributed by atoms with E-state index in [1.54, 1.807) is 6.92 Å². The fourth-order valence-electron chi connectivity index (χ4n) is 3.62. The van der Waals surface area contributed by atoms with Gasteiger partial charge in [-0.05, 0) is 31.5 Å². The molecule has 1 unspecified atom stereocenters. The number of hydrogen-bond acceptors (Lipinski definition) is 11. The van der Waals surface area contributed by atoms with Crippen molar-refractivity contribution in [3.8, 4) is 5.75 Å². The number of ether oxygens (including phenoxy) is 5. The van der Waals surface area contributed by atoms with Gasteiger partial charge >= 0.3 is 0 Å². The van der Waals surface area contributed by atoms with Crippen LogP contribution in [-0.4, -0.2) is 119 Å². The number of aliphatic hydroxyl groups excluding tert-OH is 1. The molecule has 1 aromatic rings. The number of fused-ring (bicyclic) bond motifs is 1. The number of imide groups is 2. The third kappa shape index (κ3) is 11.4. The molecule has 3 N–H and O–H groups in total. The summed E-state index contributed by atoms with van der Waals surface area (Å²) in [5.74, 6) is -1.62. The van der Waals surface area contributed by atoms with E-state index in [-0.39, 0.29) is 68.4 Å². The van der Waals surface area contributed by atoms with E-state index >= 15 is 0 Å². The number of amides is 5. The fraction of sp³-hybridized carbons (Fsp3) is 0.577. The summed E-state index contributed by atoms with van der Waals surface area (Å²) in [5.41, 5.74) is 0.366. The van der Waals surface area contributed by atoms with Crippen molar-refractivity contribution in [2.75, 3.05) is 72.6 Å². The maximum atomic E-state index is 12.8. The molecule has 0 saturated heterocycles. The van der Waals surface area contributed by atoms with Gasteiger partial charge in [0.05, 0.1) is 70.6 Å². The Morgan fingerprint density at radius 2 is 1.50 bits per heavy atom. The number of carbonyl (C=O) groups is 5. The molecule has 1 heterocycles. The lowest BCUT2D eigenvalue weighted by atomic mass is 10.1. The molecule has 14 heteroatoms. The van der Waals surface area contributed by atoms with Crippen LogP contribution in [0.5, 0.6) is 5.75 Å². The van der Waals surface area contributed by atoms with E-state index in [9.17, 15) is 24.0 Å². The van der Waals surface area contributed by atoms with Crippen LogP contribution >= 0.6 is 0 Å². The first-order valence-electron chi connectivity index (χ1n) is 12.9. The average Bonchev–Trinajstić information content (AvgIpc) is 3.19. The predicted octanol–water partition coefficient (Wildman–Crippen LogP) is -0.722. The van der Waals surface area contributed by atoms with Crippen LogP contribution in [0.3, 0.4) is 0 Å². The Morgan fingerprint density at radius 3 is 2.12 bits per heavy atom. The Bertz CT molecular complexity index is 989. The minimum atomic E-state index is -0.559. The lowest BCUT2D eigenvalue weighted by molar-refractivity contribution is -0.125. The summed E-state index contributed by atoms with van der Waals surface area (Å²) in [6.45, 7) is 4.61. The van der Waals surface area contributed by atoms with Crippen LogP contribution in [0.15, 0.2) is 18.2 Å². The summed E-state index contributed by atoms with van der Waals surface area (Å²) < 4.78 is 26.6. The van der Waals surface area contributed by atoms with Crippen LogP contribution in [0.25, 0.3) is 0 Å². The molecule has 14 nitrogen and oxygen atoms in total. The number of aliphatic hydroxyl groups is 1. The summed E-state index contributed by atoms with van der Waals surface area (Å²) in [5, 5.41) is 13.2. The van der Waals surface area contributed by atoms with Crippen LogP contribution in [0.2, 0.25) is 0 Å². The van der Waals surface area contributed by atoms with Gasteiger partial charge < -0.3 is 34.1 Å². The molecule has 5 amide bonds. The van der Waals surface area contributed by atoms with Gasteiger partial charge in [-0.15, -0.1) is 0 Å². The second kappa shape index (κ2) is 18.8. The number of nitrogens with zero attached hydrogens (tertiary/aromatic N) is 1. The molecule has 0 radical (unpaired) electrons. The van der Waals surface area contributed by atoms with Gasteiger partial charge in [-0.2, -0.15) is 0 Å². The van der Waals surface area contributed by atoms with E-state index in [0.717, 1.165) is 4.90 Å². The predicted molar refractivity (Wildman–Crippen MR) is 139 cm³/mol. The van der Waals surface area contributed by atoms with Crippen molar-refractivity contribution in [2.24, 2.45) is 0 Å². The second-order valence-electron chi connectivity index (χ2n) is 8.57. The minimum absolute atomic E-state index is 0.0138. The lowest BCUT2D eigenvalue weighted by Gasteiger charge is -2.22. The van der Waals surface area contributed by atoms with Gasteiger partial charge in [-0.1, -0.05) is 0 Å². The third-order valence-electron chi connectivity index (χ3n) is 5.63. The minimum Gasteiger partial charge on any atom is -0.484 e. The number of benzene rings is 1. The number of nitrogens with one attached hydrogen (secondary N) is 2. The molecule has 0 aliphatic carbocycles. The summed E-state index contributed by atoms with van der Waals surface area (Å²) in [6, 6.07) is 3.82. The first-order valence-corrected chi connectivity index (χ1v) is 12.9. The standard InChI is InChI=1S/C26H37N3O11/c1-19(2-5-23(32)28-18-31)29-25(34)21-4-3-20(16-22(21)26(29)35)40-17-24(33)27-6-8-36-10-12-38-14-15-39-13-11-37-9-7-30/h3-4,16,18-19,30H,2,5-15,17H2,1H3,(H,27,33)(H,28,31,32). The lowest BCUT2D eigenvalue weighted by Crippen LogP contribution is -2.38. The zero-order chi connectivity index (χ0) is 29.2. The zero-order valence-corrected chi connectivity index (χ0v) is 22.6. The van der Waals surface area contributed by atoms with Crippen LogP contribution in [0.4, 0.5) is 0 Å². The Balaban J connectivity index is 1.60. The number of rotatable bonds is 22. The highest BCUT2D eigenvalue weighted by molar-refractivity contribution is 6.21. The van der Waals surface area contributed by atoms with Crippen LogP contribution in [-0.2, 0) is 33.3 Å². The monoisotopic (exact) mass is 567 g/mol. The SMILES string of the molecule is CC(CCC(=O)NC=O)N1C(=O)c2ccc(OCC(=O)NCCOCCOCCOCCOCCO)cc2C1=O. The molecular weight excluding hydrogens is 530 g/mol. The molecule has 222 valence electrons. The number of hydrogen-bond donors (Lipinski definition) is 3. The maximum Gasteiger partial charge on any atom is 0.261 e. The third-order valence-corrected chi connectivity index (χ3v) is 5.63. The van der Waals surface area contributed by atoms with Crippen molar-refractivity contribution in [1.82, 2.24) is 15.5 Å². The molecule has 1 atom stereocenters. The van der Waals surface area contributed by atoms with E-state index in [2.05, 4.69) is 5.32 Å². The average molecular weight is 568 g/mol. The van der Waals surface area contributed by atoms with Gasteiger partial charge in [0.2, 0.25) is 12.3 Å². The fourth-order valence-corrected chi connectivity index (χ4v) is 3.62. The van der Waals surface area contributed by atoms with Crippen molar-refractivity contribution < 1.29 is 52.8 Å². The maximum absolute atomic E-state index is 12.8. The van der Waals surface area contributed by atoms with Crippen molar-refractivity contribution >= 4 is 30.0 Å². The molecular formula is C26H37N3O11. The van der Waals surface area contributed by atoms with Gasteiger partial charge in [-0.3, -0.25) is 34.2 Å². The zero-order valence-electron chi connectivity index (χ0n) is 22.6. The van der Waals surface area contributed by atoms with Crippen LogP contribution < -0.4 is 15.4 Å². The first-order chi connectivity index (χ1) is 19.4. The molecule has 1 aromatic carbocycles. The molecule has 0 spiro atoms. The molecule has 40 heavy (non-hydrogen) atoms. The summed E-state index contributed by atoms with van der Waals surface area (Å²) in [4.78, 5) is 60.6. The topological polar surface area (TPSA) is 179 Å². The van der Waals surface area contributed by atoms with Gasteiger partial charge in [0.15, 0.2) is 6.61 Å². The summed E-state index contributed by atoms with van der Waals surface area (Å²) in [6.07, 6.45) is 0.461. The van der Waals surface area contributed by atoms with E-state index in [1.807, 2.05) is 5.32 Å². The summed E-state index contributed by atoms with van der Waals surface area (Å²) >= 11 is 0. The Hall–Kier alpha value is -3.43. The van der Waals surface area contributed by atoms with Crippen LogP contribution in [0.1, 0.15) is 40.5 Å². The first kappa shape index (κ1) is 32.8. The smallest absolute Gasteiger partial charge is 0.261 e.